The van der Waals surface area contributed by atoms with Gasteiger partial charge in [-0.15, -0.1) is 0 Å². The Morgan fingerprint density at radius 3 is 1.22 bits per heavy atom. The summed E-state index contributed by atoms with van der Waals surface area (Å²) in [5.74, 6) is 0.175. The highest BCUT2D eigenvalue weighted by atomic mass is 35.5. The Morgan fingerprint density at radius 1 is 0.400 bits per heavy atom. The van der Waals surface area contributed by atoms with E-state index in [1.54, 1.807) is 24.3 Å². The number of fused-ring (bicyclic) bond motifs is 4. The van der Waals surface area contributed by atoms with Crippen LogP contribution in [-0.2, 0) is 25.7 Å². The summed E-state index contributed by atoms with van der Waals surface area (Å²) in [5, 5.41) is 22.2. The predicted molar refractivity (Wildman–Crippen MR) is 211 cm³/mol. The van der Waals surface area contributed by atoms with E-state index in [1.165, 1.54) is 33.4 Å². The van der Waals surface area contributed by atoms with E-state index >= 15 is 0 Å². The van der Waals surface area contributed by atoms with E-state index in [4.69, 9.17) is 46.4 Å². The number of halogens is 4. The van der Waals surface area contributed by atoms with E-state index in [0.717, 1.165) is 69.1 Å². The summed E-state index contributed by atoms with van der Waals surface area (Å²) >= 11 is 24.9. The molecule has 0 heterocycles. The maximum Gasteiger partial charge on any atom is 0.134 e. The van der Waals surface area contributed by atoms with Crippen molar-refractivity contribution in [1.82, 2.24) is 0 Å². The van der Waals surface area contributed by atoms with Crippen LogP contribution in [0.2, 0.25) is 20.1 Å². The number of phenols is 2. The van der Waals surface area contributed by atoms with Crippen LogP contribution in [0.15, 0.2) is 121 Å². The first-order valence-corrected chi connectivity index (χ1v) is 17.9. The van der Waals surface area contributed by atoms with Crippen LogP contribution in [0.4, 0.5) is 0 Å². The molecule has 8 rings (SSSR count). The highest BCUT2D eigenvalue weighted by Crippen LogP contribution is 2.40. The number of phenolic OH excluding ortho intramolecular Hbond substituents is 2. The molecular formula is C44H32Cl4O2. The molecule has 0 unspecified atom stereocenters. The van der Waals surface area contributed by atoms with Crippen LogP contribution in [-0.4, -0.2) is 10.2 Å². The molecule has 6 heteroatoms. The molecular weight excluding hydrogens is 702 g/mol. The molecule has 2 nitrogen and oxygen atoms in total. The quantitative estimate of drug-likeness (QED) is 0.186. The minimum atomic E-state index is 0.0873. The summed E-state index contributed by atoms with van der Waals surface area (Å²) in [4.78, 5) is 0. The van der Waals surface area contributed by atoms with E-state index in [1.807, 2.05) is 36.4 Å². The Labute approximate surface area is 312 Å². The standard InChI is InChI=1S/2C22H16Cl2O/c2*23-20-7-3-6-17-18(20)10-9-15-4-1-2-5-16(15)19(17)12-14-8-11-21(24)22(25)13-14/h2*1-8,11-13,25H,9-10H2/b19-12+;19-12-. The van der Waals surface area contributed by atoms with Crippen molar-refractivity contribution in [3.05, 3.63) is 197 Å². The van der Waals surface area contributed by atoms with Crippen molar-refractivity contribution >= 4 is 69.7 Å². The Bertz CT molecular complexity index is 2140. The normalized spacial score (nSPS) is 14.7. The molecule has 0 saturated heterocycles. The molecule has 6 aromatic carbocycles. The molecule has 0 radical (unpaired) electrons. The van der Waals surface area contributed by atoms with Gasteiger partial charge in [0.05, 0.1) is 10.0 Å². The zero-order valence-electron chi connectivity index (χ0n) is 26.9. The number of hydrogen-bond donors (Lipinski definition) is 2. The van der Waals surface area contributed by atoms with Gasteiger partial charge in [0.25, 0.3) is 0 Å². The van der Waals surface area contributed by atoms with Gasteiger partial charge in [-0.1, -0.05) is 131 Å². The van der Waals surface area contributed by atoms with E-state index < -0.39 is 0 Å². The molecule has 0 aliphatic heterocycles. The molecule has 0 aromatic heterocycles. The number of benzene rings is 6. The van der Waals surface area contributed by atoms with Crippen molar-refractivity contribution in [2.75, 3.05) is 0 Å². The van der Waals surface area contributed by atoms with Gasteiger partial charge in [-0.25, -0.2) is 0 Å². The Balaban J connectivity index is 0.000000157. The fourth-order valence-electron chi connectivity index (χ4n) is 6.83. The lowest BCUT2D eigenvalue weighted by atomic mass is 9.92. The van der Waals surface area contributed by atoms with E-state index in [2.05, 4.69) is 72.8 Å². The van der Waals surface area contributed by atoms with Crippen LogP contribution >= 0.6 is 46.4 Å². The Morgan fingerprint density at radius 2 is 0.800 bits per heavy atom. The topological polar surface area (TPSA) is 40.5 Å². The Kier molecular flexibility index (Phi) is 10.1. The third-order valence-corrected chi connectivity index (χ3v) is 10.6. The molecule has 0 bridgehead atoms. The van der Waals surface area contributed by atoms with Crippen LogP contribution in [0, 0.1) is 0 Å². The van der Waals surface area contributed by atoms with Crippen molar-refractivity contribution in [3.8, 4) is 11.5 Å². The van der Waals surface area contributed by atoms with Gasteiger partial charge in [0, 0.05) is 10.0 Å². The molecule has 248 valence electrons. The van der Waals surface area contributed by atoms with Crippen LogP contribution in [0.1, 0.15) is 55.6 Å². The third-order valence-electron chi connectivity index (χ3n) is 9.28. The van der Waals surface area contributed by atoms with Crippen molar-refractivity contribution in [2.24, 2.45) is 0 Å². The molecule has 50 heavy (non-hydrogen) atoms. The van der Waals surface area contributed by atoms with Crippen LogP contribution in [0.3, 0.4) is 0 Å². The van der Waals surface area contributed by atoms with E-state index in [-0.39, 0.29) is 11.5 Å². The SMILES string of the molecule is Oc1cc(/C=C2/c3ccccc3CCc3c(Cl)cccc32)ccc1Cl.Oc1cc(/C=C2\c3ccccc3CCc3c(Cl)cccc32)ccc1Cl. The van der Waals surface area contributed by atoms with E-state index in [0.29, 0.717) is 10.0 Å². The summed E-state index contributed by atoms with van der Waals surface area (Å²) in [7, 11) is 0. The third kappa shape index (κ3) is 7.08. The Hall–Kier alpha value is -4.44. The average molecular weight is 735 g/mol. The second kappa shape index (κ2) is 14.8. The summed E-state index contributed by atoms with van der Waals surface area (Å²) in [6.07, 6.45) is 7.92. The lowest BCUT2D eigenvalue weighted by molar-refractivity contribution is 0.475. The summed E-state index contributed by atoms with van der Waals surface area (Å²) < 4.78 is 0. The molecule has 0 amide bonds. The van der Waals surface area contributed by atoms with Gasteiger partial charge in [0.15, 0.2) is 0 Å². The summed E-state index contributed by atoms with van der Waals surface area (Å²) in [6, 6.07) is 39.6. The maximum absolute atomic E-state index is 9.94. The number of aryl methyl sites for hydroxylation is 2. The van der Waals surface area contributed by atoms with Crippen molar-refractivity contribution in [3.63, 3.8) is 0 Å². The van der Waals surface area contributed by atoms with Crippen LogP contribution < -0.4 is 0 Å². The molecule has 2 N–H and O–H groups in total. The van der Waals surface area contributed by atoms with Gasteiger partial charge in [-0.3, -0.25) is 0 Å². The zero-order valence-corrected chi connectivity index (χ0v) is 30.0. The first-order chi connectivity index (χ1) is 24.3. The van der Waals surface area contributed by atoms with Gasteiger partial charge >= 0.3 is 0 Å². The van der Waals surface area contributed by atoms with Gasteiger partial charge in [0.1, 0.15) is 11.5 Å². The van der Waals surface area contributed by atoms with Crippen LogP contribution in [0.25, 0.3) is 23.3 Å². The molecule has 6 aromatic rings. The maximum atomic E-state index is 9.94. The van der Waals surface area contributed by atoms with Gasteiger partial charge in [0.2, 0.25) is 0 Å². The van der Waals surface area contributed by atoms with Crippen molar-refractivity contribution in [2.45, 2.75) is 25.7 Å². The van der Waals surface area contributed by atoms with Crippen molar-refractivity contribution < 1.29 is 10.2 Å². The molecule has 2 aliphatic rings. The predicted octanol–water partition coefficient (Wildman–Crippen LogP) is 12.8. The number of rotatable bonds is 2. The lowest BCUT2D eigenvalue weighted by Gasteiger charge is -2.13. The second-order valence-electron chi connectivity index (χ2n) is 12.4. The smallest absolute Gasteiger partial charge is 0.134 e. The minimum absolute atomic E-state index is 0.0873. The first-order valence-electron chi connectivity index (χ1n) is 16.4. The van der Waals surface area contributed by atoms with Crippen molar-refractivity contribution in [1.29, 1.82) is 0 Å². The van der Waals surface area contributed by atoms with Gasteiger partial charge < -0.3 is 10.2 Å². The van der Waals surface area contributed by atoms with Gasteiger partial charge in [-0.2, -0.15) is 0 Å². The van der Waals surface area contributed by atoms with E-state index in [9.17, 15) is 10.2 Å². The molecule has 0 fully saturated rings. The molecule has 0 spiro atoms. The molecule has 0 saturated carbocycles. The monoisotopic (exact) mass is 732 g/mol. The second-order valence-corrected chi connectivity index (χ2v) is 14.0. The number of hydrogen-bond acceptors (Lipinski definition) is 2. The van der Waals surface area contributed by atoms with Crippen LogP contribution in [0.5, 0.6) is 11.5 Å². The highest BCUT2D eigenvalue weighted by Gasteiger charge is 2.21. The fraction of sp³-hybridized carbons (Fsp3) is 0.0909. The molecule has 2 aliphatic carbocycles. The number of aromatic hydroxyl groups is 2. The fourth-order valence-corrected chi connectivity index (χ4v) is 7.60. The largest absolute Gasteiger partial charge is 0.506 e. The minimum Gasteiger partial charge on any atom is -0.506 e. The molecule has 0 atom stereocenters. The summed E-state index contributed by atoms with van der Waals surface area (Å²) in [5.41, 5.74) is 13.7. The zero-order chi connectivity index (χ0) is 34.8. The van der Waals surface area contributed by atoms with Gasteiger partial charge in [-0.05, 0) is 141 Å². The summed E-state index contributed by atoms with van der Waals surface area (Å²) in [6.45, 7) is 0. The first kappa shape index (κ1) is 34.0. The average Bonchev–Trinajstić information content (AvgIpc) is 3.38. The highest BCUT2D eigenvalue weighted by molar-refractivity contribution is 6.33. The lowest BCUT2D eigenvalue weighted by Crippen LogP contribution is -1.93.